The van der Waals surface area contributed by atoms with Gasteiger partial charge in [-0.15, -0.1) is 0 Å². The van der Waals surface area contributed by atoms with Crippen molar-refractivity contribution in [2.24, 2.45) is 0 Å². The van der Waals surface area contributed by atoms with Gasteiger partial charge in [0.05, 0.1) is 5.25 Å². The first kappa shape index (κ1) is 20.9. The SMILES string of the molecule is Cc1ccc(CNC(=O)[C@@H](C)Sc2nc(C3CC3)nc3c2c(=O)[nH]c(=O)n3C2CC2)cc1. The molecule has 1 atom stereocenters. The summed E-state index contributed by atoms with van der Waals surface area (Å²) in [6, 6.07) is 8.07. The van der Waals surface area contributed by atoms with Crippen LogP contribution < -0.4 is 16.6 Å². The Morgan fingerprint density at radius 3 is 2.56 bits per heavy atom. The predicted molar refractivity (Wildman–Crippen MR) is 123 cm³/mol. The Morgan fingerprint density at radius 1 is 1.19 bits per heavy atom. The Balaban J connectivity index is 1.44. The van der Waals surface area contributed by atoms with Gasteiger partial charge in [-0.1, -0.05) is 41.6 Å². The minimum atomic E-state index is -0.501. The van der Waals surface area contributed by atoms with Crippen molar-refractivity contribution in [2.45, 2.75) is 68.3 Å². The minimum Gasteiger partial charge on any atom is -0.351 e. The standard InChI is InChI=1S/C23H25N5O3S/c1-12-3-5-14(6-4-12)11-24-20(29)13(2)32-22-17-19(25-18(26-22)15-7-8-15)28(16-9-10-16)23(31)27-21(17)30/h3-6,13,15-16H,7-11H2,1-2H3,(H,24,29)(H,27,30,31)/t13-/m1/s1. The number of nitrogens with zero attached hydrogens (tertiary/aromatic N) is 3. The maximum absolute atomic E-state index is 12.8. The summed E-state index contributed by atoms with van der Waals surface area (Å²) in [6.07, 6.45) is 3.78. The van der Waals surface area contributed by atoms with E-state index in [2.05, 4.69) is 20.3 Å². The molecule has 3 aromatic rings. The smallest absolute Gasteiger partial charge is 0.330 e. The average Bonchev–Trinajstić information content (AvgIpc) is 3.66. The molecule has 0 unspecified atom stereocenters. The van der Waals surface area contributed by atoms with Gasteiger partial charge in [0.15, 0.2) is 5.65 Å². The van der Waals surface area contributed by atoms with Gasteiger partial charge in [0.2, 0.25) is 5.91 Å². The molecule has 0 saturated heterocycles. The zero-order valence-electron chi connectivity index (χ0n) is 18.1. The third kappa shape index (κ3) is 4.21. The van der Waals surface area contributed by atoms with Crippen molar-refractivity contribution in [2.75, 3.05) is 0 Å². The number of hydrogen-bond donors (Lipinski definition) is 2. The Labute approximate surface area is 188 Å². The minimum absolute atomic E-state index is 0.0666. The molecule has 2 aliphatic rings. The van der Waals surface area contributed by atoms with Crippen LogP contribution in [0.4, 0.5) is 0 Å². The monoisotopic (exact) mass is 451 g/mol. The topological polar surface area (TPSA) is 110 Å². The van der Waals surface area contributed by atoms with E-state index in [1.165, 1.54) is 17.3 Å². The fraction of sp³-hybridized carbons (Fsp3) is 0.435. The number of aromatic amines is 1. The van der Waals surface area contributed by atoms with Crippen LogP contribution in [-0.4, -0.2) is 30.7 Å². The van der Waals surface area contributed by atoms with Gasteiger partial charge in [0.25, 0.3) is 5.56 Å². The lowest BCUT2D eigenvalue weighted by Crippen LogP contribution is -2.32. The number of thioether (sulfide) groups is 1. The number of rotatable bonds is 7. The predicted octanol–water partition coefficient (Wildman–Crippen LogP) is 2.80. The third-order valence-corrected chi connectivity index (χ3v) is 6.95. The van der Waals surface area contributed by atoms with Crippen LogP contribution in [0, 0.1) is 6.92 Å². The van der Waals surface area contributed by atoms with E-state index in [-0.39, 0.29) is 17.9 Å². The molecule has 2 N–H and O–H groups in total. The van der Waals surface area contributed by atoms with Crippen LogP contribution in [0.15, 0.2) is 38.9 Å². The summed E-state index contributed by atoms with van der Waals surface area (Å²) >= 11 is 1.24. The zero-order valence-corrected chi connectivity index (χ0v) is 18.9. The summed E-state index contributed by atoms with van der Waals surface area (Å²) in [5.41, 5.74) is 1.66. The third-order valence-electron chi connectivity index (χ3n) is 5.87. The first-order valence-corrected chi connectivity index (χ1v) is 11.8. The molecule has 8 nitrogen and oxygen atoms in total. The number of fused-ring (bicyclic) bond motifs is 1. The number of hydrogen-bond acceptors (Lipinski definition) is 6. The molecule has 9 heteroatoms. The first-order valence-electron chi connectivity index (χ1n) is 11.0. The van der Waals surface area contributed by atoms with Gasteiger partial charge in [-0.2, -0.15) is 0 Å². The molecule has 0 spiro atoms. The van der Waals surface area contributed by atoms with Crippen molar-refractivity contribution in [3.8, 4) is 0 Å². The van der Waals surface area contributed by atoms with Gasteiger partial charge in [-0.05, 0) is 45.1 Å². The lowest BCUT2D eigenvalue weighted by Gasteiger charge is -2.15. The fourth-order valence-corrected chi connectivity index (χ4v) is 4.65. The number of benzene rings is 1. The lowest BCUT2D eigenvalue weighted by molar-refractivity contribution is -0.120. The van der Waals surface area contributed by atoms with Crippen LogP contribution in [0.2, 0.25) is 0 Å². The molecule has 1 amide bonds. The molecule has 0 bridgehead atoms. The van der Waals surface area contributed by atoms with Gasteiger partial charge >= 0.3 is 5.69 Å². The first-order chi connectivity index (χ1) is 15.4. The van der Waals surface area contributed by atoms with E-state index < -0.39 is 16.5 Å². The van der Waals surface area contributed by atoms with E-state index in [1.807, 2.05) is 31.2 Å². The molecule has 2 aliphatic carbocycles. The molecule has 2 heterocycles. The molecule has 0 radical (unpaired) electrons. The Kier molecular flexibility index (Phi) is 5.36. The van der Waals surface area contributed by atoms with Gasteiger partial charge in [0.1, 0.15) is 16.2 Å². The lowest BCUT2D eigenvalue weighted by atomic mass is 10.1. The molecule has 2 fully saturated rings. The molecule has 5 rings (SSSR count). The molecule has 2 aromatic heterocycles. The van der Waals surface area contributed by atoms with Crippen LogP contribution in [0.25, 0.3) is 11.0 Å². The largest absolute Gasteiger partial charge is 0.351 e. The highest BCUT2D eigenvalue weighted by atomic mass is 32.2. The number of H-pyrrole nitrogens is 1. The highest BCUT2D eigenvalue weighted by molar-refractivity contribution is 8.00. The Morgan fingerprint density at radius 2 is 1.91 bits per heavy atom. The summed E-state index contributed by atoms with van der Waals surface area (Å²) in [5.74, 6) is 0.778. The van der Waals surface area contributed by atoms with Gasteiger partial charge in [0, 0.05) is 18.5 Å². The number of aryl methyl sites for hydroxylation is 1. The van der Waals surface area contributed by atoms with Crippen LogP contribution in [0.1, 0.15) is 61.5 Å². The zero-order chi connectivity index (χ0) is 22.4. The summed E-state index contributed by atoms with van der Waals surface area (Å²) < 4.78 is 1.59. The number of amides is 1. The Bertz CT molecular complexity index is 1310. The van der Waals surface area contributed by atoms with Crippen molar-refractivity contribution in [1.29, 1.82) is 0 Å². The summed E-state index contributed by atoms with van der Waals surface area (Å²) in [6.45, 7) is 4.25. The van der Waals surface area contributed by atoms with Gasteiger partial charge in [-0.25, -0.2) is 14.8 Å². The van der Waals surface area contributed by atoms with Crippen molar-refractivity contribution in [3.05, 3.63) is 62.1 Å². The average molecular weight is 452 g/mol. The molecule has 166 valence electrons. The van der Waals surface area contributed by atoms with Crippen LogP contribution >= 0.6 is 11.8 Å². The van der Waals surface area contributed by atoms with Crippen molar-refractivity contribution >= 4 is 28.7 Å². The fourth-order valence-electron chi connectivity index (χ4n) is 3.67. The van der Waals surface area contributed by atoms with E-state index in [1.54, 1.807) is 11.5 Å². The van der Waals surface area contributed by atoms with Gasteiger partial charge < -0.3 is 5.32 Å². The number of aromatic nitrogens is 4. The summed E-state index contributed by atoms with van der Waals surface area (Å²) in [5, 5.41) is 3.25. The van der Waals surface area contributed by atoms with Crippen molar-refractivity contribution in [3.63, 3.8) is 0 Å². The van der Waals surface area contributed by atoms with E-state index >= 15 is 0 Å². The molecule has 1 aromatic carbocycles. The van der Waals surface area contributed by atoms with Crippen LogP contribution in [-0.2, 0) is 11.3 Å². The van der Waals surface area contributed by atoms with E-state index in [9.17, 15) is 14.4 Å². The molecular formula is C23H25N5O3S. The maximum Gasteiger partial charge on any atom is 0.330 e. The second-order valence-electron chi connectivity index (χ2n) is 8.68. The van der Waals surface area contributed by atoms with Crippen LogP contribution in [0.5, 0.6) is 0 Å². The highest BCUT2D eigenvalue weighted by Gasteiger charge is 2.32. The molecule has 32 heavy (non-hydrogen) atoms. The van der Waals surface area contributed by atoms with Crippen molar-refractivity contribution in [1.82, 2.24) is 24.8 Å². The summed E-state index contributed by atoms with van der Waals surface area (Å²) in [4.78, 5) is 49.7. The quantitative estimate of drug-likeness (QED) is 0.422. The van der Waals surface area contributed by atoms with Crippen LogP contribution in [0.3, 0.4) is 0 Å². The summed E-state index contributed by atoms with van der Waals surface area (Å²) in [7, 11) is 0. The second-order valence-corrected chi connectivity index (χ2v) is 10.0. The Hall–Kier alpha value is -2.94. The molecule has 0 aliphatic heterocycles. The maximum atomic E-state index is 12.8. The molecular weight excluding hydrogens is 426 g/mol. The number of nitrogens with one attached hydrogen (secondary N) is 2. The number of carbonyl (C=O) groups is 1. The van der Waals surface area contributed by atoms with E-state index in [0.29, 0.717) is 28.4 Å². The highest BCUT2D eigenvalue weighted by Crippen LogP contribution is 2.41. The molecule has 2 saturated carbocycles. The second kappa shape index (κ2) is 8.20. The van der Waals surface area contributed by atoms with E-state index in [0.717, 1.165) is 31.2 Å². The van der Waals surface area contributed by atoms with Gasteiger partial charge in [-0.3, -0.25) is 19.1 Å². The normalized spacial score (nSPS) is 16.8. The van der Waals surface area contributed by atoms with Crippen molar-refractivity contribution < 1.29 is 4.79 Å². The number of carbonyl (C=O) groups excluding carboxylic acids is 1. The van der Waals surface area contributed by atoms with E-state index in [4.69, 9.17) is 0 Å².